The second kappa shape index (κ2) is 6.08. The Kier molecular flexibility index (Phi) is 3.97. The van der Waals surface area contributed by atoms with E-state index in [1.807, 2.05) is 42.8 Å². The van der Waals surface area contributed by atoms with Crippen LogP contribution in [0.2, 0.25) is 0 Å². The van der Waals surface area contributed by atoms with E-state index < -0.39 is 0 Å². The number of aryl methyl sites for hydroxylation is 2. The van der Waals surface area contributed by atoms with Gasteiger partial charge >= 0.3 is 0 Å². The summed E-state index contributed by atoms with van der Waals surface area (Å²) in [5.41, 5.74) is 3.71. The van der Waals surface area contributed by atoms with Crippen LogP contribution in [-0.4, -0.2) is 20.3 Å². The van der Waals surface area contributed by atoms with Gasteiger partial charge in [0.05, 0.1) is 17.8 Å². The summed E-state index contributed by atoms with van der Waals surface area (Å²) in [5, 5.41) is 2.85. The summed E-state index contributed by atoms with van der Waals surface area (Å²) < 4.78 is 1.92. The summed E-state index contributed by atoms with van der Waals surface area (Å²) >= 11 is 0. The number of carbonyl (C=O) groups excluding carboxylic acids is 1. The predicted molar refractivity (Wildman–Crippen MR) is 87.5 cm³/mol. The van der Waals surface area contributed by atoms with Crippen LogP contribution in [0, 0.1) is 6.92 Å². The highest BCUT2D eigenvalue weighted by Crippen LogP contribution is 2.08. The smallest absolute Gasteiger partial charge is 0.253 e. The first-order chi connectivity index (χ1) is 11.1. The van der Waals surface area contributed by atoms with Gasteiger partial charge in [-0.2, -0.15) is 0 Å². The molecule has 1 amide bonds. The van der Waals surface area contributed by atoms with Crippen LogP contribution in [-0.2, 0) is 13.0 Å². The van der Waals surface area contributed by atoms with E-state index in [1.165, 1.54) is 6.07 Å². The molecule has 0 saturated heterocycles. The molecule has 0 atom stereocenters. The van der Waals surface area contributed by atoms with E-state index >= 15 is 0 Å². The van der Waals surface area contributed by atoms with Crippen LogP contribution in [0.25, 0.3) is 5.65 Å². The largest absolute Gasteiger partial charge is 0.346 e. The van der Waals surface area contributed by atoms with Crippen molar-refractivity contribution >= 4 is 11.6 Å². The number of aromatic nitrogens is 3. The molecule has 6 nitrogen and oxygen atoms in total. The Morgan fingerprint density at radius 1 is 1.35 bits per heavy atom. The molecule has 3 rings (SSSR count). The van der Waals surface area contributed by atoms with Crippen LogP contribution < -0.4 is 10.9 Å². The lowest BCUT2D eigenvalue weighted by molar-refractivity contribution is 0.0949. The molecule has 0 aromatic carbocycles. The summed E-state index contributed by atoms with van der Waals surface area (Å²) in [6.07, 6.45) is 4.43. The van der Waals surface area contributed by atoms with Gasteiger partial charge in [0, 0.05) is 24.2 Å². The predicted octanol–water partition coefficient (Wildman–Crippen LogP) is 1.82. The van der Waals surface area contributed by atoms with Crippen LogP contribution in [0.1, 0.15) is 34.2 Å². The maximum absolute atomic E-state index is 12.3. The number of fused-ring (bicyclic) bond motifs is 1. The molecule has 3 aromatic rings. The third kappa shape index (κ3) is 3.15. The molecule has 23 heavy (non-hydrogen) atoms. The number of rotatable bonds is 4. The van der Waals surface area contributed by atoms with Crippen molar-refractivity contribution in [3.8, 4) is 0 Å². The number of amides is 1. The van der Waals surface area contributed by atoms with Crippen LogP contribution in [0.4, 0.5) is 0 Å². The maximum atomic E-state index is 12.3. The lowest BCUT2D eigenvalue weighted by Gasteiger charge is -2.07. The standard InChI is InChI=1S/C17H18N4O2/c1-3-14-13(4-5-16(22)20-14)17(23)18-9-12-10-21-7-6-11(2)8-15(21)19-12/h4-8,10H,3,9H2,1-2H3,(H,18,23)(H,20,22). The quantitative estimate of drug-likeness (QED) is 0.771. The average molecular weight is 310 g/mol. The van der Waals surface area contributed by atoms with Crippen LogP contribution in [0.15, 0.2) is 41.5 Å². The molecule has 0 aliphatic rings. The minimum absolute atomic E-state index is 0.200. The van der Waals surface area contributed by atoms with E-state index in [0.717, 1.165) is 16.9 Å². The molecule has 0 aliphatic carbocycles. The molecular formula is C17H18N4O2. The van der Waals surface area contributed by atoms with Gasteiger partial charge in [-0.3, -0.25) is 9.59 Å². The number of H-pyrrole nitrogens is 1. The molecule has 0 fully saturated rings. The monoisotopic (exact) mass is 310 g/mol. The fourth-order valence-electron chi connectivity index (χ4n) is 2.50. The van der Waals surface area contributed by atoms with Crippen molar-refractivity contribution in [3.63, 3.8) is 0 Å². The first-order valence-corrected chi connectivity index (χ1v) is 7.51. The number of nitrogens with one attached hydrogen (secondary N) is 2. The van der Waals surface area contributed by atoms with E-state index in [1.54, 1.807) is 6.07 Å². The average Bonchev–Trinajstić information content (AvgIpc) is 2.94. The number of carbonyl (C=O) groups is 1. The summed E-state index contributed by atoms with van der Waals surface area (Å²) in [6, 6.07) is 6.91. The van der Waals surface area contributed by atoms with Gasteiger partial charge < -0.3 is 14.7 Å². The summed E-state index contributed by atoms with van der Waals surface area (Å²) in [6.45, 7) is 4.24. The Hall–Kier alpha value is -2.89. The molecular weight excluding hydrogens is 292 g/mol. The number of imidazole rings is 1. The van der Waals surface area contributed by atoms with Gasteiger partial charge in [-0.15, -0.1) is 0 Å². The SMILES string of the molecule is CCc1[nH]c(=O)ccc1C(=O)NCc1cn2ccc(C)cc2n1. The number of aromatic amines is 1. The normalized spacial score (nSPS) is 10.9. The van der Waals surface area contributed by atoms with Crippen LogP contribution >= 0.6 is 0 Å². The Balaban J connectivity index is 1.76. The Morgan fingerprint density at radius 2 is 2.17 bits per heavy atom. The topological polar surface area (TPSA) is 79.3 Å². The Morgan fingerprint density at radius 3 is 2.96 bits per heavy atom. The molecule has 3 aromatic heterocycles. The van der Waals surface area contributed by atoms with Gasteiger partial charge in [-0.25, -0.2) is 4.98 Å². The summed E-state index contributed by atoms with van der Waals surface area (Å²) in [7, 11) is 0. The van der Waals surface area contributed by atoms with Gasteiger partial charge in [0.1, 0.15) is 5.65 Å². The highest BCUT2D eigenvalue weighted by Gasteiger charge is 2.11. The highest BCUT2D eigenvalue weighted by molar-refractivity contribution is 5.95. The molecule has 2 N–H and O–H groups in total. The molecule has 118 valence electrons. The van der Waals surface area contributed by atoms with Crippen molar-refractivity contribution in [2.24, 2.45) is 0 Å². The second-order valence-corrected chi connectivity index (χ2v) is 5.45. The van der Waals surface area contributed by atoms with Crippen molar-refractivity contribution in [1.82, 2.24) is 19.7 Å². The molecule has 0 saturated carbocycles. The molecule has 6 heteroatoms. The molecule has 3 heterocycles. The first-order valence-electron chi connectivity index (χ1n) is 7.51. The minimum Gasteiger partial charge on any atom is -0.346 e. The zero-order valence-corrected chi connectivity index (χ0v) is 13.1. The van der Waals surface area contributed by atoms with Gasteiger partial charge in [-0.05, 0) is 37.1 Å². The van der Waals surface area contributed by atoms with Crippen LogP contribution in [0.5, 0.6) is 0 Å². The minimum atomic E-state index is -0.216. The van der Waals surface area contributed by atoms with E-state index in [2.05, 4.69) is 15.3 Å². The van der Waals surface area contributed by atoms with Crippen molar-refractivity contribution in [2.45, 2.75) is 26.8 Å². The van der Waals surface area contributed by atoms with Gasteiger partial charge in [-0.1, -0.05) is 6.92 Å². The van der Waals surface area contributed by atoms with Crippen molar-refractivity contribution in [3.05, 3.63) is 69.5 Å². The molecule has 0 spiro atoms. The van der Waals surface area contributed by atoms with Crippen molar-refractivity contribution in [2.75, 3.05) is 0 Å². The van der Waals surface area contributed by atoms with Gasteiger partial charge in [0.15, 0.2) is 0 Å². The molecule has 0 radical (unpaired) electrons. The lowest BCUT2D eigenvalue weighted by atomic mass is 10.1. The first kappa shape index (κ1) is 15.0. The number of hydrogen-bond acceptors (Lipinski definition) is 3. The Labute approximate surface area is 133 Å². The molecule has 0 unspecified atom stereocenters. The summed E-state index contributed by atoms with van der Waals surface area (Å²) in [4.78, 5) is 30.8. The Bertz CT molecular complexity index is 924. The van der Waals surface area contributed by atoms with E-state index in [9.17, 15) is 9.59 Å². The molecule has 0 aliphatic heterocycles. The maximum Gasteiger partial charge on any atom is 0.253 e. The van der Waals surface area contributed by atoms with E-state index in [-0.39, 0.29) is 11.5 Å². The second-order valence-electron chi connectivity index (χ2n) is 5.45. The fraction of sp³-hybridized carbons (Fsp3) is 0.235. The van der Waals surface area contributed by atoms with Gasteiger partial charge in [0.2, 0.25) is 5.56 Å². The highest BCUT2D eigenvalue weighted by atomic mass is 16.1. The molecule has 0 bridgehead atoms. The third-order valence-corrected chi connectivity index (χ3v) is 3.69. The number of nitrogens with zero attached hydrogens (tertiary/aromatic N) is 2. The van der Waals surface area contributed by atoms with Crippen molar-refractivity contribution < 1.29 is 4.79 Å². The fourth-order valence-corrected chi connectivity index (χ4v) is 2.50. The van der Waals surface area contributed by atoms with E-state index in [4.69, 9.17) is 0 Å². The van der Waals surface area contributed by atoms with Crippen LogP contribution in [0.3, 0.4) is 0 Å². The van der Waals surface area contributed by atoms with Crippen molar-refractivity contribution in [1.29, 1.82) is 0 Å². The summed E-state index contributed by atoms with van der Waals surface area (Å²) in [5.74, 6) is -0.216. The lowest BCUT2D eigenvalue weighted by Crippen LogP contribution is -2.25. The third-order valence-electron chi connectivity index (χ3n) is 3.69. The number of hydrogen-bond donors (Lipinski definition) is 2. The zero-order valence-electron chi connectivity index (χ0n) is 13.1. The van der Waals surface area contributed by atoms with E-state index in [0.29, 0.717) is 24.2 Å². The zero-order chi connectivity index (χ0) is 16.4. The van der Waals surface area contributed by atoms with Gasteiger partial charge in [0.25, 0.3) is 5.91 Å². The number of pyridine rings is 2.